The van der Waals surface area contributed by atoms with Crippen molar-refractivity contribution < 1.29 is 4.79 Å². The third-order valence-electron chi connectivity index (χ3n) is 4.82. The van der Waals surface area contributed by atoms with Gasteiger partial charge < -0.3 is 16.4 Å². The van der Waals surface area contributed by atoms with Crippen molar-refractivity contribution in [2.75, 3.05) is 24.2 Å². The van der Waals surface area contributed by atoms with E-state index in [4.69, 9.17) is 11.5 Å². The van der Waals surface area contributed by atoms with E-state index in [1.54, 1.807) is 6.20 Å². The predicted octanol–water partition coefficient (Wildman–Crippen LogP) is 5.13. The summed E-state index contributed by atoms with van der Waals surface area (Å²) in [5.41, 5.74) is 14.3. The maximum atomic E-state index is 11.0. The summed E-state index contributed by atoms with van der Waals surface area (Å²) >= 11 is 1.35. The Morgan fingerprint density at radius 2 is 2.14 bits per heavy atom. The Balaban J connectivity index is 0.000000261. The Morgan fingerprint density at radius 1 is 1.36 bits per heavy atom. The van der Waals surface area contributed by atoms with Gasteiger partial charge in [0.25, 0.3) is 0 Å². The summed E-state index contributed by atoms with van der Waals surface area (Å²) in [6.45, 7) is 5.38. The van der Waals surface area contributed by atoms with E-state index in [2.05, 4.69) is 49.0 Å². The second kappa shape index (κ2) is 10.9. The van der Waals surface area contributed by atoms with Gasteiger partial charge in [0.05, 0.1) is 21.6 Å². The van der Waals surface area contributed by atoms with Crippen LogP contribution >= 0.6 is 11.3 Å². The molecule has 2 aromatic heterocycles. The molecule has 3 rings (SSSR count). The Labute approximate surface area is 172 Å². The highest BCUT2D eigenvalue weighted by atomic mass is 32.1. The first-order valence-corrected chi connectivity index (χ1v) is 10.7. The van der Waals surface area contributed by atoms with Crippen molar-refractivity contribution in [3.63, 3.8) is 0 Å². The lowest BCUT2D eigenvalue weighted by molar-refractivity contribution is 0.112. The molecule has 152 valence electrons. The number of anilines is 2. The minimum absolute atomic E-state index is 0.556. The van der Waals surface area contributed by atoms with Crippen molar-refractivity contribution in [1.82, 2.24) is 4.98 Å². The fourth-order valence-corrected chi connectivity index (χ4v) is 4.01. The van der Waals surface area contributed by atoms with Crippen LogP contribution in [-0.4, -0.2) is 24.9 Å². The molecule has 0 saturated heterocycles. The van der Waals surface area contributed by atoms with Gasteiger partial charge in [-0.15, -0.1) is 11.3 Å². The number of carbonyl (C=O) groups is 1. The highest BCUT2D eigenvalue weighted by Crippen LogP contribution is 2.37. The lowest BCUT2D eigenvalue weighted by atomic mass is 10.1. The summed E-state index contributed by atoms with van der Waals surface area (Å²) < 4.78 is 0. The Morgan fingerprint density at radius 3 is 2.86 bits per heavy atom. The average molecular weight is 401 g/mol. The Bertz CT molecular complexity index is 840. The van der Waals surface area contributed by atoms with Crippen LogP contribution in [0, 0.1) is 5.92 Å². The van der Waals surface area contributed by atoms with Crippen LogP contribution in [0.15, 0.2) is 36.2 Å². The van der Waals surface area contributed by atoms with Crippen LogP contribution in [0.25, 0.3) is 10.2 Å². The quantitative estimate of drug-likeness (QED) is 0.399. The summed E-state index contributed by atoms with van der Waals surface area (Å²) in [7, 11) is 2.06. The largest absolute Gasteiger partial charge is 0.402 e. The van der Waals surface area contributed by atoms with E-state index >= 15 is 0 Å². The number of aromatic nitrogens is 1. The van der Waals surface area contributed by atoms with Crippen molar-refractivity contribution in [2.24, 2.45) is 11.7 Å². The number of thiophene rings is 1. The van der Waals surface area contributed by atoms with Crippen LogP contribution in [-0.2, 0) is 0 Å². The molecular weight excluding hydrogens is 368 g/mol. The van der Waals surface area contributed by atoms with Crippen LogP contribution < -0.4 is 16.4 Å². The summed E-state index contributed by atoms with van der Waals surface area (Å²) in [5.74, 6) is 0.672. The van der Waals surface area contributed by atoms with Crippen molar-refractivity contribution in [1.29, 1.82) is 0 Å². The second-order valence-electron chi connectivity index (χ2n) is 7.26. The second-order valence-corrected chi connectivity index (χ2v) is 8.29. The summed E-state index contributed by atoms with van der Waals surface area (Å²) in [4.78, 5) is 18.9. The maximum absolute atomic E-state index is 11.0. The van der Waals surface area contributed by atoms with Crippen LogP contribution in [0.3, 0.4) is 0 Å². The SMILES string of the molecule is CC1C=CCC(N)=CC1.CCCCCN(C)c1ccnc2sc(C=O)c(N)c12. The summed E-state index contributed by atoms with van der Waals surface area (Å²) in [6.07, 6.45) is 14.7. The number of nitrogens with two attached hydrogens (primary N) is 2. The molecule has 4 N–H and O–H groups in total. The lowest BCUT2D eigenvalue weighted by Gasteiger charge is -2.20. The first-order chi connectivity index (χ1) is 13.5. The molecule has 5 nitrogen and oxygen atoms in total. The van der Waals surface area contributed by atoms with Gasteiger partial charge in [0.15, 0.2) is 6.29 Å². The standard InChI is InChI=1S/C14H19N3OS.C8H13N/c1-3-4-5-8-17(2)10-6-7-16-14-12(10)13(15)11(9-18)19-14;1-7-3-2-4-8(9)6-5-7/h6-7,9H,3-5,8,15H2,1-2H3;2-3,6-7H,4-5,9H2,1H3. The van der Waals surface area contributed by atoms with Gasteiger partial charge >= 0.3 is 0 Å². The highest BCUT2D eigenvalue weighted by Gasteiger charge is 2.15. The molecule has 2 aromatic rings. The minimum atomic E-state index is 0.556. The molecule has 0 saturated carbocycles. The average Bonchev–Trinajstić information content (AvgIpc) is 2.90. The first-order valence-electron chi connectivity index (χ1n) is 9.92. The number of hydrogen-bond donors (Lipinski definition) is 2. The topological polar surface area (TPSA) is 85.2 Å². The molecular formula is C22H32N4OS. The molecule has 1 aliphatic rings. The molecule has 1 atom stereocenters. The number of aldehydes is 1. The molecule has 0 fully saturated rings. The number of unbranched alkanes of at least 4 members (excludes halogenated alkanes) is 2. The molecule has 1 aliphatic carbocycles. The number of hydrogen-bond acceptors (Lipinski definition) is 6. The molecule has 28 heavy (non-hydrogen) atoms. The van der Waals surface area contributed by atoms with Gasteiger partial charge in [-0.3, -0.25) is 4.79 Å². The molecule has 0 aromatic carbocycles. The van der Waals surface area contributed by atoms with Crippen LogP contribution in [0.1, 0.15) is 55.6 Å². The van der Waals surface area contributed by atoms with Gasteiger partial charge in [-0.1, -0.05) is 44.9 Å². The van der Waals surface area contributed by atoms with Gasteiger partial charge in [0.1, 0.15) is 4.83 Å². The van der Waals surface area contributed by atoms with Gasteiger partial charge in [0, 0.05) is 31.9 Å². The monoisotopic (exact) mass is 400 g/mol. The molecule has 1 unspecified atom stereocenters. The van der Waals surface area contributed by atoms with Gasteiger partial charge in [-0.25, -0.2) is 4.98 Å². The molecule has 0 amide bonds. The zero-order chi connectivity index (χ0) is 20.5. The third-order valence-corrected chi connectivity index (χ3v) is 5.86. The molecule has 0 aliphatic heterocycles. The number of allylic oxidation sites excluding steroid dienone is 3. The van der Waals surface area contributed by atoms with Crippen molar-refractivity contribution in [3.8, 4) is 0 Å². The van der Waals surface area contributed by atoms with Crippen molar-refractivity contribution >= 4 is 39.2 Å². The molecule has 2 heterocycles. The number of fused-ring (bicyclic) bond motifs is 1. The highest BCUT2D eigenvalue weighted by molar-refractivity contribution is 7.21. The molecule has 0 bridgehead atoms. The number of pyridine rings is 1. The Hall–Kier alpha value is -2.34. The van der Waals surface area contributed by atoms with E-state index in [-0.39, 0.29) is 0 Å². The number of nitrogen functional groups attached to an aromatic ring is 1. The van der Waals surface area contributed by atoms with E-state index in [1.807, 2.05) is 6.07 Å². The van der Waals surface area contributed by atoms with Gasteiger partial charge in [-0.05, 0) is 24.8 Å². The van der Waals surface area contributed by atoms with E-state index in [9.17, 15) is 4.79 Å². The normalized spacial score (nSPS) is 16.1. The fraction of sp³-hybridized carbons (Fsp3) is 0.455. The van der Waals surface area contributed by atoms with E-state index < -0.39 is 0 Å². The zero-order valence-corrected chi connectivity index (χ0v) is 18.0. The predicted molar refractivity (Wildman–Crippen MR) is 122 cm³/mol. The van der Waals surface area contributed by atoms with Crippen LogP contribution in [0.2, 0.25) is 0 Å². The number of carbonyl (C=O) groups excluding carboxylic acids is 1. The van der Waals surface area contributed by atoms with Crippen molar-refractivity contribution in [2.45, 2.75) is 46.0 Å². The third kappa shape index (κ3) is 5.83. The summed E-state index contributed by atoms with van der Waals surface area (Å²) in [5, 5.41) is 0.911. The maximum Gasteiger partial charge on any atom is 0.162 e. The summed E-state index contributed by atoms with van der Waals surface area (Å²) in [6, 6.07) is 1.96. The van der Waals surface area contributed by atoms with Crippen molar-refractivity contribution in [3.05, 3.63) is 41.1 Å². The first kappa shape index (κ1) is 22.0. The smallest absolute Gasteiger partial charge is 0.162 e. The van der Waals surface area contributed by atoms with Gasteiger partial charge in [-0.2, -0.15) is 0 Å². The minimum Gasteiger partial charge on any atom is -0.402 e. The Kier molecular flexibility index (Phi) is 8.51. The molecule has 0 radical (unpaired) electrons. The number of rotatable bonds is 6. The zero-order valence-electron chi connectivity index (χ0n) is 17.1. The lowest BCUT2D eigenvalue weighted by Crippen LogP contribution is -2.18. The van der Waals surface area contributed by atoms with E-state index in [0.29, 0.717) is 16.5 Å². The van der Waals surface area contributed by atoms with Gasteiger partial charge in [0.2, 0.25) is 0 Å². The number of nitrogens with zero attached hydrogens (tertiary/aromatic N) is 2. The van der Waals surface area contributed by atoms with E-state index in [1.165, 1.54) is 24.2 Å². The van der Waals surface area contributed by atoms with Crippen LogP contribution in [0.4, 0.5) is 11.4 Å². The van der Waals surface area contributed by atoms with Crippen LogP contribution in [0.5, 0.6) is 0 Å². The molecule has 0 spiro atoms. The molecule has 6 heteroatoms. The van der Waals surface area contributed by atoms with E-state index in [0.717, 1.165) is 53.7 Å². The fourth-order valence-electron chi connectivity index (χ4n) is 3.11.